The molecule has 3 aromatic heterocycles. The van der Waals surface area contributed by atoms with Crippen LogP contribution in [0.15, 0.2) is 52.9 Å². The Bertz CT molecular complexity index is 1090. The number of carbonyl (C=O) groups is 2. The van der Waals surface area contributed by atoms with Gasteiger partial charge >= 0.3 is 0 Å². The number of aryl methyl sites for hydroxylation is 1. The fraction of sp³-hybridized carbons (Fsp3) is 0.286. The summed E-state index contributed by atoms with van der Waals surface area (Å²) in [7, 11) is 0. The average Bonchev–Trinajstić information content (AvgIpc) is 3.26. The first-order valence-electron chi connectivity index (χ1n) is 9.97. The second kappa shape index (κ2) is 9.52. The minimum Gasteiger partial charge on any atom is -0.353 e. The van der Waals surface area contributed by atoms with Crippen molar-refractivity contribution in [2.75, 3.05) is 36.4 Å². The molecule has 0 bridgehead atoms. The molecular weight excluding hydrogens is 416 g/mol. The van der Waals surface area contributed by atoms with Crippen LogP contribution in [0.3, 0.4) is 0 Å². The lowest BCUT2D eigenvalue weighted by Gasteiger charge is -2.35. The van der Waals surface area contributed by atoms with E-state index >= 15 is 0 Å². The molecule has 2 amide bonds. The first-order chi connectivity index (χ1) is 15.1. The number of H-pyrrole nitrogens is 1. The van der Waals surface area contributed by atoms with E-state index in [2.05, 4.69) is 25.2 Å². The number of nitrogens with zero attached hydrogens (tertiary/aromatic N) is 4. The molecule has 0 saturated carbocycles. The van der Waals surface area contributed by atoms with E-state index in [0.29, 0.717) is 36.6 Å². The molecule has 1 aliphatic rings. The zero-order valence-corrected chi connectivity index (χ0v) is 17.6. The van der Waals surface area contributed by atoms with E-state index in [0.717, 1.165) is 24.6 Å². The van der Waals surface area contributed by atoms with Gasteiger partial charge in [-0.2, -0.15) is 0 Å². The van der Waals surface area contributed by atoms with Gasteiger partial charge in [-0.1, -0.05) is 6.07 Å². The Labute approximate surface area is 182 Å². The van der Waals surface area contributed by atoms with Crippen molar-refractivity contribution >= 4 is 34.1 Å². The second-order valence-corrected chi connectivity index (χ2v) is 7.95. The van der Waals surface area contributed by atoms with Gasteiger partial charge in [0, 0.05) is 56.4 Å². The van der Waals surface area contributed by atoms with Crippen molar-refractivity contribution in [1.82, 2.24) is 19.9 Å². The number of rotatable bonds is 6. The Morgan fingerprint density at radius 3 is 2.68 bits per heavy atom. The van der Waals surface area contributed by atoms with Crippen LogP contribution in [0, 0.1) is 0 Å². The molecule has 1 saturated heterocycles. The lowest BCUT2D eigenvalue weighted by atomic mass is 10.2. The Kier molecular flexibility index (Phi) is 6.37. The molecule has 3 aromatic rings. The number of nitrogens with one attached hydrogen (secondary N) is 2. The van der Waals surface area contributed by atoms with Gasteiger partial charge in [-0.25, -0.2) is 9.97 Å². The Morgan fingerprint density at radius 2 is 1.97 bits per heavy atom. The summed E-state index contributed by atoms with van der Waals surface area (Å²) in [6.07, 6.45) is 4.03. The van der Waals surface area contributed by atoms with Gasteiger partial charge in [-0.05, 0) is 24.6 Å². The third kappa shape index (κ3) is 5.34. The molecule has 160 valence electrons. The summed E-state index contributed by atoms with van der Waals surface area (Å²) in [4.78, 5) is 51.2. The quantitative estimate of drug-likeness (QED) is 0.607. The third-order valence-corrected chi connectivity index (χ3v) is 5.83. The Morgan fingerprint density at radius 1 is 1.13 bits per heavy atom. The lowest BCUT2D eigenvalue weighted by Crippen LogP contribution is -2.49. The first-order valence-corrected chi connectivity index (χ1v) is 10.8. The Hall–Kier alpha value is -3.53. The van der Waals surface area contributed by atoms with Gasteiger partial charge in [0.25, 0.3) is 5.91 Å². The summed E-state index contributed by atoms with van der Waals surface area (Å²) in [5.41, 5.74) is 0.842. The summed E-state index contributed by atoms with van der Waals surface area (Å²) in [5, 5.41) is 5.01. The number of amides is 2. The summed E-state index contributed by atoms with van der Waals surface area (Å²) >= 11 is 1.31. The molecule has 10 heteroatoms. The molecule has 0 aromatic carbocycles. The molecule has 2 N–H and O–H groups in total. The van der Waals surface area contributed by atoms with Crippen LogP contribution in [-0.4, -0.2) is 57.8 Å². The van der Waals surface area contributed by atoms with Crippen LogP contribution in [-0.2, 0) is 11.2 Å². The third-order valence-electron chi connectivity index (χ3n) is 5.02. The van der Waals surface area contributed by atoms with Gasteiger partial charge in [0.1, 0.15) is 5.82 Å². The van der Waals surface area contributed by atoms with E-state index in [1.54, 1.807) is 6.20 Å². The van der Waals surface area contributed by atoms with Crippen molar-refractivity contribution in [3.63, 3.8) is 0 Å². The van der Waals surface area contributed by atoms with Crippen molar-refractivity contribution in [3.8, 4) is 0 Å². The molecule has 0 radical (unpaired) electrons. The second-order valence-electron chi connectivity index (χ2n) is 7.10. The average molecular weight is 439 g/mol. The highest BCUT2D eigenvalue weighted by Crippen LogP contribution is 2.18. The number of pyridine rings is 2. The van der Waals surface area contributed by atoms with Crippen LogP contribution < -0.4 is 15.8 Å². The normalized spacial score (nSPS) is 13.8. The molecular formula is C21H22N6O3S. The number of thiazole rings is 1. The molecule has 0 spiro atoms. The van der Waals surface area contributed by atoms with E-state index in [4.69, 9.17) is 0 Å². The van der Waals surface area contributed by atoms with Crippen molar-refractivity contribution in [2.45, 2.75) is 12.8 Å². The van der Waals surface area contributed by atoms with E-state index in [9.17, 15) is 14.4 Å². The topological polar surface area (TPSA) is 111 Å². The van der Waals surface area contributed by atoms with Crippen molar-refractivity contribution in [3.05, 3.63) is 69.7 Å². The van der Waals surface area contributed by atoms with Crippen molar-refractivity contribution < 1.29 is 9.59 Å². The van der Waals surface area contributed by atoms with E-state index in [1.165, 1.54) is 29.7 Å². The van der Waals surface area contributed by atoms with Crippen LogP contribution in [0.1, 0.15) is 22.5 Å². The number of hydrogen-bond acceptors (Lipinski definition) is 7. The molecule has 1 fully saturated rings. The predicted octanol–water partition coefficient (Wildman–Crippen LogP) is 1.76. The van der Waals surface area contributed by atoms with Gasteiger partial charge in [-0.3, -0.25) is 19.7 Å². The molecule has 0 atom stereocenters. The van der Waals surface area contributed by atoms with Crippen molar-refractivity contribution in [2.24, 2.45) is 0 Å². The number of aromatic nitrogens is 3. The van der Waals surface area contributed by atoms with Crippen LogP contribution in [0.2, 0.25) is 0 Å². The van der Waals surface area contributed by atoms with Gasteiger partial charge < -0.3 is 14.8 Å². The molecule has 0 unspecified atom stereocenters. The zero-order chi connectivity index (χ0) is 21.6. The maximum Gasteiger partial charge on any atom is 0.258 e. The molecule has 0 aliphatic carbocycles. The summed E-state index contributed by atoms with van der Waals surface area (Å²) < 4.78 is 0. The largest absolute Gasteiger partial charge is 0.353 e. The van der Waals surface area contributed by atoms with Gasteiger partial charge in [0.2, 0.25) is 11.5 Å². The Balaban J connectivity index is 1.24. The SMILES string of the molecule is O=C(Nc1nc(CCC(=O)N2CCN(c3ccccn3)CC2)cs1)c1ccc(=O)[nH]c1. The standard InChI is InChI=1S/C21H22N6O3S/c28-18-6-4-15(13-23-18)20(30)25-21-24-16(14-31-21)5-7-19(29)27-11-9-26(10-12-27)17-3-1-2-8-22-17/h1-4,6,8,13-14H,5,7,9-12H2,(H,23,28)(H,24,25,30). The number of carbonyl (C=O) groups excluding carboxylic acids is 2. The zero-order valence-electron chi connectivity index (χ0n) is 16.8. The number of piperazine rings is 1. The van der Waals surface area contributed by atoms with Crippen LogP contribution >= 0.6 is 11.3 Å². The van der Waals surface area contributed by atoms with Gasteiger partial charge in [0.15, 0.2) is 5.13 Å². The minimum absolute atomic E-state index is 0.104. The minimum atomic E-state index is -0.348. The molecule has 1 aliphatic heterocycles. The number of hydrogen-bond donors (Lipinski definition) is 2. The van der Waals surface area contributed by atoms with E-state index in [-0.39, 0.29) is 17.4 Å². The molecule has 31 heavy (non-hydrogen) atoms. The number of aromatic amines is 1. The maximum atomic E-state index is 12.6. The van der Waals surface area contributed by atoms with Crippen LogP contribution in [0.25, 0.3) is 0 Å². The summed E-state index contributed by atoms with van der Waals surface area (Å²) in [6.45, 7) is 2.88. The van der Waals surface area contributed by atoms with Crippen LogP contribution in [0.5, 0.6) is 0 Å². The van der Waals surface area contributed by atoms with E-state index in [1.807, 2.05) is 28.5 Å². The fourth-order valence-electron chi connectivity index (χ4n) is 3.32. The van der Waals surface area contributed by atoms with Crippen LogP contribution in [0.4, 0.5) is 10.9 Å². The van der Waals surface area contributed by atoms with Gasteiger partial charge in [0.05, 0.1) is 11.3 Å². The molecule has 4 heterocycles. The van der Waals surface area contributed by atoms with Gasteiger partial charge in [-0.15, -0.1) is 11.3 Å². The first kappa shape index (κ1) is 20.7. The predicted molar refractivity (Wildman–Crippen MR) is 118 cm³/mol. The fourth-order valence-corrected chi connectivity index (χ4v) is 4.06. The monoisotopic (exact) mass is 438 g/mol. The van der Waals surface area contributed by atoms with E-state index < -0.39 is 0 Å². The smallest absolute Gasteiger partial charge is 0.258 e. The highest BCUT2D eigenvalue weighted by molar-refractivity contribution is 7.14. The number of anilines is 2. The van der Waals surface area contributed by atoms with Crippen molar-refractivity contribution in [1.29, 1.82) is 0 Å². The molecule has 9 nitrogen and oxygen atoms in total. The lowest BCUT2D eigenvalue weighted by molar-refractivity contribution is -0.131. The summed E-state index contributed by atoms with van der Waals surface area (Å²) in [5.74, 6) is 0.694. The highest BCUT2D eigenvalue weighted by atomic mass is 32.1. The highest BCUT2D eigenvalue weighted by Gasteiger charge is 2.21. The molecule has 4 rings (SSSR count). The summed E-state index contributed by atoms with van der Waals surface area (Å²) in [6, 6.07) is 8.58. The maximum absolute atomic E-state index is 12.6.